The molecule has 1 unspecified atom stereocenters. The molecule has 0 saturated carbocycles. The maximum atomic E-state index is 12.0. The Balaban J connectivity index is 1.54. The summed E-state index contributed by atoms with van der Waals surface area (Å²) >= 11 is 0. The Labute approximate surface area is 148 Å². The van der Waals surface area contributed by atoms with Gasteiger partial charge in [-0.25, -0.2) is 4.79 Å². The summed E-state index contributed by atoms with van der Waals surface area (Å²) < 4.78 is 6.05. The maximum absolute atomic E-state index is 12.0. The number of ether oxygens (including phenoxy) is 1. The molecule has 1 atom stereocenters. The van der Waals surface area contributed by atoms with Gasteiger partial charge in [-0.3, -0.25) is 4.98 Å². The number of rotatable bonds is 4. The number of aromatic nitrogens is 1. The number of piperidine rings is 1. The van der Waals surface area contributed by atoms with Crippen molar-refractivity contribution in [2.24, 2.45) is 5.41 Å². The third kappa shape index (κ3) is 4.77. The van der Waals surface area contributed by atoms with Crippen LogP contribution in [0.5, 0.6) is 0 Å². The van der Waals surface area contributed by atoms with Crippen molar-refractivity contribution in [3.8, 4) is 0 Å². The molecule has 2 aromatic rings. The molecule has 0 N–H and O–H groups in total. The second-order valence-electron chi connectivity index (χ2n) is 7.62. The van der Waals surface area contributed by atoms with Crippen LogP contribution in [0.3, 0.4) is 0 Å². The van der Waals surface area contributed by atoms with Gasteiger partial charge in [-0.15, -0.1) is 5.06 Å². The molecular weight excluding hydrogens is 316 g/mol. The average molecular weight is 342 g/mol. The van der Waals surface area contributed by atoms with Crippen molar-refractivity contribution in [3.63, 3.8) is 0 Å². The predicted octanol–water partition coefficient (Wildman–Crippen LogP) is 3.72. The number of hydroxylamine groups is 2. The molecule has 0 spiro atoms. The molecule has 1 fully saturated rings. The minimum atomic E-state index is -0.494. The summed E-state index contributed by atoms with van der Waals surface area (Å²) in [7, 11) is 0. The molecule has 1 aromatic carbocycles. The molecule has 0 bridgehead atoms. The summed E-state index contributed by atoms with van der Waals surface area (Å²) in [5.74, 6) is -0.200. The van der Waals surface area contributed by atoms with Crippen LogP contribution < -0.4 is 0 Å². The van der Waals surface area contributed by atoms with Gasteiger partial charge in [0.25, 0.3) is 0 Å². The van der Waals surface area contributed by atoms with Gasteiger partial charge in [0.15, 0.2) is 0 Å². The molecule has 1 aliphatic rings. The van der Waals surface area contributed by atoms with Gasteiger partial charge < -0.3 is 9.57 Å². The van der Waals surface area contributed by atoms with E-state index >= 15 is 0 Å². The number of fused-ring (bicyclic) bond motifs is 1. The zero-order valence-corrected chi connectivity index (χ0v) is 15.2. The molecule has 0 aliphatic carbocycles. The fourth-order valence-electron chi connectivity index (χ4n) is 2.79. The van der Waals surface area contributed by atoms with Crippen LogP contribution in [0.15, 0.2) is 36.5 Å². The number of hydrogen-bond acceptors (Lipinski definition) is 5. The van der Waals surface area contributed by atoms with Crippen molar-refractivity contribution < 1.29 is 14.4 Å². The van der Waals surface area contributed by atoms with Gasteiger partial charge in [0.2, 0.25) is 0 Å². The van der Waals surface area contributed by atoms with Crippen molar-refractivity contribution in [2.45, 2.75) is 46.3 Å². The Morgan fingerprint density at radius 3 is 2.96 bits per heavy atom. The van der Waals surface area contributed by atoms with Crippen molar-refractivity contribution >= 4 is 16.9 Å². The summed E-state index contributed by atoms with van der Waals surface area (Å²) in [6.07, 6.45) is 3.81. The van der Waals surface area contributed by atoms with Crippen LogP contribution in [0.1, 0.15) is 39.2 Å². The number of pyridine rings is 1. The van der Waals surface area contributed by atoms with Crippen LogP contribution in [0.25, 0.3) is 10.9 Å². The van der Waals surface area contributed by atoms with Gasteiger partial charge in [-0.05, 0) is 51.3 Å². The zero-order chi connectivity index (χ0) is 17.9. The first-order chi connectivity index (χ1) is 11.9. The molecule has 134 valence electrons. The van der Waals surface area contributed by atoms with Gasteiger partial charge in [0.05, 0.1) is 30.2 Å². The molecule has 25 heavy (non-hydrogen) atoms. The summed E-state index contributed by atoms with van der Waals surface area (Å²) in [5, 5.41) is 2.87. The van der Waals surface area contributed by atoms with E-state index in [0.717, 1.165) is 35.9 Å². The topological polar surface area (TPSA) is 51.7 Å². The van der Waals surface area contributed by atoms with Gasteiger partial charge in [-0.1, -0.05) is 18.2 Å². The van der Waals surface area contributed by atoms with Crippen LogP contribution in [0.2, 0.25) is 0 Å². The normalized spacial score (nSPS) is 19.1. The molecule has 1 aromatic heterocycles. The van der Waals surface area contributed by atoms with Crippen LogP contribution in [0, 0.1) is 5.41 Å². The standard InChI is InChI=1S/C20H26N2O3/c1-20(2,3)19(23)25-22-11-5-7-17(13-22)24-14-15-8-9-16-6-4-10-21-18(16)12-15/h4,6,8-10,12,17H,5,7,11,13-14H2,1-3H3. The number of benzene rings is 1. The first-order valence-electron chi connectivity index (χ1n) is 8.84. The van der Waals surface area contributed by atoms with Crippen LogP contribution in [-0.4, -0.2) is 35.2 Å². The van der Waals surface area contributed by atoms with E-state index < -0.39 is 5.41 Å². The quantitative estimate of drug-likeness (QED) is 0.847. The first kappa shape index (κ1) is 17.8. The zero-order valence-electron chi connectivity index (χ0n) is 15.2. The van der Waals surface area contributed by atoms with E-state index in [1.807, 2.05) is 26.8 Å². The highest BCUT2D eigenvalue weighted by Gasteiger charge is 2.29. The lowest BCUT2D eigenvalue weighted by molar-refractivity contribution is -0.214. The predicted molar refractivity (Wildman–Crippen MR) is 96.7 cm³/mol. The largest absolute Gasteiger partial charge is 0.372 e. The minimum Gasteiger partial charge on any atom is -0.372 e. The molecule has 1 aliphatic heterocycles. The number of carbonyl (C=O) groups excluding carboxylic acids is 1. The lowest BCUT2D eigenvalue weighted by atomic mass is 9.98. The van der Waals surface area contributed by atoms with E-state index in [4.69, 9.17) is 9.57 Å². The average Bonchev–Trinajstić information content (AvgIpc) is 2.59. The van der Waals surface area contributed by atoms with Crippen molar-refractivity contribution in [3.05, 3.63) is 42.1 Å². The van der Waals surface area contributed by atoms with Gasteiger partial charge >= 0.3 is 5.97 Å². The van der Waals surface area contributed by atoms with E-state index in [0.29, 0.717) is 13.2 Å². The molecule has 0 amide bonds. The molecule has 3 rings (SSSR count). The SMILES string of the molecule is CC(C)(C)C(=O)ON1CCCC(OCc2ccc3cccnc3c2)C1. The van der Waals surface area contributed by atoms with E-state index in [1.54, 1.807) is 11.3 Å². The lowest BCUT2D eigenvalue weighted by Gasteiger charge is -2.32. The third-order valence-corrected chi connectivity index (χ3v) is 4.32. The number of carbonyl (C=O) groups is 1. The van der Waals surface area contributed by atoms with Gasteiger partial charge in [0, 0.05) is 18.1 Å². The van der Waals surface area contributed by atoms with Crippen LogP contribution in [-0.2, 0) is 21.0 Å². The molecular formula is C20H26N2O3. The number of hydrogen-bond donors (Lipinski definition) is 0. The first-order valence-corrected chi connectivity index (χ1v) is 8.84. The smallest absolute Gasteiger partial charge is 0.330 e. The van der Waals surface area contributed by atoms with Gasteiger partial charge in [0.1, 0.15) is 0 Å². The Bertz CT molecular complexity index is 739. The summed E-state index contributed by atoms with van der Waals surface area (Å²) in [4.78, 5) is 21.9. The van der Waals surface area contributed by atoms with E-state index in [9.17, 15) is 4.79 Å². The van der Waals surface area contributed by atoms with Crippen LogP contribution >= 0.6 is 0 Å². The summed E-state index contributed by atoms with van der Waals surface area (Å²) in [6.45, 7) is 7.51. The Morgan fingerprint density at radius 2 is 2.16 bits per heavy atom. The van der Waals surface area contributed by atoms with Crippen molar-refractivity contribution in [2.75, 3.05) is 13.1 Å². The maximum Gasteiger partial charge on any atom is 0.330 e. The molecule has 5 nitrogen and oxygen atoms in total. The highest BCUT2D eigenvalue weighted by Crippen LogP contribution is 2.21. The summed E-state index contributed by atoms with van der Waals surface area (Å²) in [5.41, 5.74) is 1.59. The molecule has 0 radical (unpaired) electrons. The molecule has 5 heteroatoms. The third-order valence-electron chi connectivity index (χ3n) is 4.32. The molecule has 2 heterocycles. The second kappa shape index (κ2) is 7.50. The van der Waals surface area contributed by atoms with Crippen molar-refractivity contribution in [1.82, 2.24) is 10.0 Å². The van der Waals surface area contributed by atoms with Crippen LogP contribution in [0.4, 0.5) is 0 Å². The summed E-state index contributed by atoms with van der Waals surface area (Å²) in [6, 6.07) is 10.2. The Hall–Kier alpha value is -1.98. The van der Waals surface area contributed by atoms with E-state index in [-0.39, 0.29) is 12.1 Å². The van der Waals surface area contributed by atoms with E-state index in [2.05, 4.69) is 29.2 Å². The molecule has 1 saturated heterocycles. The monoisotopic (exact) mass is 342 g/mol. The highest BCUT2D eigenvalue weighted by atomic mass is 16.7. The Kier molecular flexibility index (Phi) is 5.35. The highest BCUT2D eigenvalue weighted by molar-refractivity contribution is 5.78. The minimum absolute atomic E-state index is 0.0703. The fraction of sp³-hybridized carbons (Fsp3) is 0.500. The Morgan fingerprint density at radius 1 is 1.32 bits per heavy atom. The second-order valence-corrected chi connectivity index (χ2v) is 7.62. The van der Waals surface area contributed by atoms with Crippen molar-refractivity contribution in [1.29, 1.82) is 0 Å². The van der Waals surface area contributed by atoms with E-state index in [1.165, 1.54) is 0 Å². The fourth-order valence-corrected chi connectivity index (χ4v) is 2.79. The number of nitrogens with zero attached hydrogens (tertiary/aromatic N) is 2. The van der Waals surface area contributed by atoms with Gasteiger partial charge in [-0.2, -0.15) is 0 Å². The lowest BCUT2D eigenvalue weighted by Crippen LogP contribution is -2.42.